The van der Waals surface area contributed by atoms with Gasteiger partial charge in [-0.2, -0.15) is 0 Å². The molecule has 1 N–H and O–H groups in total. The van der Waals surface area contributed by atoms with Crippen LogP contribution in [-0.2, 0) is 11.3 Å². The van der Waals surface area contributed by atoms with Gasteiger partial charge in [-0.15, -0.1) is 0 Å². The largest absolute Gasteiger partial charge is 0.364 e. The lowest BCUT2D eigenvalue weighted by Crippen LogP contribution is -2.41. The molecule has 0 fully saturated rings. The number of carbonyl (C=O) groups is 1. The Morgan fingerprint density at radius 2 is 2.67 bits per heavy atom. The predicted octanol–water partition coefficient (Wildman–Crippen LogP) is 0.161. The standard InChI is InChI=1S/C10H13N3O2/c1-13(7-8-4-6-15-12-8)10(14)9-3-2-5-11-9/h2-4,6,9,11H,5,7H2,1H3/t9-/m0/s1. The maximum Gasteiger partial charge on any atom is 0.243 e. The highest BCUT2D eigenvalue weighted by Crippen LogP contribution is 2.04. The number of hydrogen-bond acceptors (Lipinski definition) is 4. The van der Waals surface area contributed by atoms with Crippen LogP contribution in [0.4, 0.5) is 0 Å². The Balaban J connectivity index is 1.93. The molecule has 0 aromatic carbocycles. The summed E-state index contributed by atoms with van der Waals surface area (Å²) in [5.74, 6) is 0.0479. The molecule has 1 aromatic rings. The summed E-state index contributed by atoms with van der Waals surface area (Å²) < 4.78 is 4.70. The van der Waals surface area contributed by atoms with Crippen molar-refractivity contribution >= 4 is 5.91 Å². The van der Waals surface area contributed by atoms with Crippen molar-refractivity contribution in [2.24, 2.45) is 0 Å². The van der Waals surface area contributed by atoms with Crippen LogP contribution in [0, 0.1) is 0 Å². The van der Waals surface area contributed by atoms with Crippen molar-refractivity contribution < 1.29 is 9.32 Å². The highest BCUT2D eigenvalue weighted by Gasteiger charge is 2.21. The molecule has 1 amide bonds. The summed E-state index contributed by atoms with van der Waals surface area (Å²) in [5.41, 5.74) is 0.757. The van der Waals surface area contributed by atoms with Crippen LogP contribution in [0.2, 0.25) is 0 Å². The first kappa shape index (κ1) is 9.92. The van der Waals surface area contributed by atoms with Gasteiger partial charge in [-0.3, -0.25) is 10.1 Å². The first-order valence-corrected chi connectivity index (χ1v) is 4.81. The van der Waals surface area contributed by atoms with Gasteiger partial charge in [-0.05, 0) is 0 Å². The lowest BCUT2D eigenvalue weighted by Gasteiger charge is -2.19. The normalized spacial score (nSPS) is 19.4. The maximum absolute atomic E-state index is 11.8. The Labute approximate surface area is 87.7 Å². The van der Waals surface area contributed by atoms with Crippen LogP contribution in [-0.4, -0.2) is 35.6 Å². The third-order valence-corrected chi connectivity index (χ3v) is 2.32. The quantitative estimate of drug-likeness (QED) is 0.717. The zero-order valence-corrected chi connectivity index (χ0v) is 8.51. The van der Waals surface area contributed by atoms with Gasteiger partial charge in [-0.1, -0.05) is 17.3 Å². The molecule has 2 rings (SSSR count). The molecule has 2 heterocycles. The van der Waals surface area contributed by atoms with Gasteiger partial charge < -0.3 is 9.42 Å². The average molecular weight is 207 g/mol. The Morgan fingerprint density at radius 1 is 1.80 bits per heavy atom. The fourth-order valence-corrected chi connectivity index (χ4v) is 1.51. The molecule has 0 unspecified atom stereocenters. The summed E-state index contributed by atoms with van der Waals surface area (Å²) in [6, 6.07) is 1.56. The van der Waals surface area contributed by atoms with Gasteiger partial charge in [0, 0.05) is 19.7 Å². The van der Waals surface area contributed by atoms with Crippen LogP contribution in [0.15, 0.2) is 29.0 Å². The molecule has 0 spiro atoms. The third kappa shape index (κ3) is 2.24. The van der Waals surface area contributed by atoms with Crippen LogP contribution < -0.4 is 5.32 Å². The van der Waals surface area contributed by atoms with Crippen molar-refractivity contribution in [3.63, 3.8) is 0 Å². The summed E-state index contributed by atoms with van der Waals surface area (Å²) in [7, 11) is 1.75. The fraction of sp³-hybridized carbons (Fsp3) is 0.400. The monoisotopic (exact) mass is 207 g/mol. The third-order valence-electron chi connectivity index (χ3n) is 2.32. The minimum absolute atomic E-state index is 0.0479. The number of likely N-dealkylation sites (N-methyl/N-ethyl adjacent to an activating group) is 1. The molecule has 5 nitrogen and oxygen atoms in total. The van der Waals surface area contributed by atoms with Crippen molar-refractivity contribution in [3.05, 3.63) is 30.2 Å². The van der Waals surface area contributed by atoms with Crippen LogP contribution >= 0.6 is 0 Å². The predicted molar refractivity (Wildman–Crippen MR) is 53.9 cm³/mol. The molecule has 1 aliphatic heterocycles. The Hall–Kier alpha value is -1.62. The molecule has 80 valence electrons. The zero-order chi connectivity index (χ0) is 10.7. The van der Waals surface area contributed by atoms with Crippen LogP contribution in [0.5, 0.6) is 0 Å². The topological polar surface area (TPSA) is 58.4 Å². The van der Waals surface area contributed by atoms with Crippen molar-refractivity contribution in [2.45, 2.75) is 12.6 Å². The number of nitrogens with zero attached hydrogens (tertiary/aromatic N) is 2. The summed E-state index contributed by atoms with van der Waals surface area (Å²) in [6.07, 6.45) is 5.33. The first-order chi connectivity index (χ1) is 7.27. The van der Waals surface area contributed by atoms with Crippen molar-refractivity contribution in [3.8, 4) is 0 Å². The van der Waals surface area contributed by atoms with Crippen molar-refractivity contribution in [2.75, 3.05) is 13.6 Å². The fourth-order valence-electron chi connectivity index (χ4n) is 1.51. The van der Waals surface area contributed by atoms with Gasteiger partial charge in [0.1, 0.15) is 18.0 Å². The minimum Gasteiger partial charge on any atom is -0.364 e. The van der Waals surface area contributed by atoms with Gasteiger partial charge in [0.2, 0.25) is 5.91 Å². The van der Waals surface area contributed by atoms with E-state index in [1.807, 2.05) is 12.2 Å². The molecule has 5 heteroatoms. The van der Waals surface area contributed by atoms with E-state index in [4.69, 9.17) is 4.52 Å². The summed E-state index contributed by atoms with van der Waals surface area (Å²) in [6.45, 7) is 1.23. The molecule has 0 saturated carbocycles. The molecule has 0 radical (unpaired) electrons. The number of nitrogens with one attached hydrogen (secondary N) is 1. The number of amides is 1. The van der Waals surface area contributed by atoms with E-state index in [2.05, 4.69) is 10.5 Å². The number of hydrogen-bond donors (Lipinski definition) is 1. The van der Waals surface area contributed by atoms with E-state index >= 15 is 0 Å². The smallest absolute Gasteiger partial charge is 0.243 e. The van der Waals surface area contributed by atoms with Crippen LogP contribution in [0.25, 0.3) is 0 Å². The van der Waals surface area contributed by atoms with E-state index in [0.29, 0.717) is 6.54 Å². The lowest BCUT2D eigenvalue weighted by atomic mass is 10.2. The lowest BCUT2D eigenvalue weighted by molar-refractivity contribution is -0.131. The number of rotatable bonds is 3. The molecule has 1 aromatic heterocycles. The van der Waals surface area contributed by atoms with Crippen molar-refractivity contribution in [1.82, 2.24) is 15.4 Å². The van der Waals surface area contributed by atoms with Gasteiger partial charge in [0.05, 0.1) is 6.54 Å². The molecule has 0 aliphatic carbocycles. The second-order valence-corrected chi connectivity index (χ2v) is 3.50. The van der Waals surface area contributed by atoms with Gasteiger partial charge in [0.25, 0.3) is 0 Å². The number of carbonyl (C=O) groups excluding carboxylic acids is 1. The van der Waals surface area contributed by atoms with E-state index in [-0.39, 0.29) is 11.9 Å². The van der Waals surface area contributed by atoms with Crippen LogP contribution in [0.1, 0.15) is 5.69 Å². The maximum atomic E-state index is 11.8. The molecular weight excluding hydrogens is 194 g/mol. The van der Waals surface area contributed by atoms with Gasteiger partial charge >= 0.3 is 0 Å². The van der Waals surface area contributed by atoms with E-state index in [0.717, 1.165) is 12.2 Å². The molecular formula is C10H13N3O2. The molecule has 0 saturated heterocycles. The van der Waals surface area contributed by atoms with E-state index in [1.54, 1.807) is 18.0 Å². The SMILES string of the molecule is CN(Cc1ccon1)C(=O)[C@@H]1C=CCN1. The molecule has 15 heavy (non-hydrogen) atoms. The second kappa shape index (κ2) is 4.27. The van der Waals surface area contributed by atoms with E-state index < -0.39 is 0 Å². The molecule has 0 bridgehead atoms. The number of aromatic nitrogens is 1. The van der Waals surface area contributed by atoms with Gasteiger partial charge in [-0.25, -0.2) is 0 Å². The summed E-state index contributed by atoms with van der Waals surface area (Å²) in [5, 5.41) is 6.83. The highest BCUT2D eigenvalue weighted by atomic mass is 16.5. The minimum atomic E-state index is -0.193. The van der Waals surface area contributed by atoms with E-state index in [9.17, 15) is 4.79 Å². The van der Waals surface area contributed by atoms with Crippen LogP contribution in [0.3, 0.4) is 0 Å². The van der Waals surface area contributed by atoms with Crippen molar-refractivity contribution in [1.29, 1.82) is 0 Å². The highest BCUT2D eigenvalue weighted by molar-refractivity contribution is 5.84. The van der Waals surface area contributed by atoms with E-state index in [1.165, 1.54) is 6.26 Å². The molecule has 1 atom stereocenters. The Morgan fingerprint density at radius 3 is 3.27 bits per heavy atom. The zero-order valence-electron chi connectivity index (χ0n) is 8.51. The van der Waals surface area contributed by atoms with Gasteiger partial charge in [0.15, 0.2) is 0 Å². The Kier molecular flexibility index (Phi) is 2.82. The Bertz CT molecular complexity index is 359. The first-order valence-electron chi connectivity index (χ1n) is 4.81. The molecule has 1 aliphatic rings. The average Bonchev–Trinajstić information content (AvgIpc) is 2.88. The summed E-state index contributed by atoms with van der Waals surface area (Å²) >= 11 is 0. The summed E-state index contributed by atoms with van der Waals surface area (Å²) in [4.78, 5) is 13.5. The second-order valence-electron chi connectivity index (χ2n) is 3.50.